The van der Waals surface area contributed by atoms with Crippen molar-refractivity contribution in [2.75, 3.05) is 13.1 Å². The Kier molecular flexibility index (Phi) is 3.83. The number of hydrogen-bond acceptors (Lipinski definition) is 4. The van der Waals surface area contributed by atoms with Gasteiger partial charge in [-0.05, 0) is 44.7 Å². The van der Waals surface area contributed by atoms with Crippen LogP contribution in [0.25, 0.3) is 10.9 Å². The lowest BCUT2D eigenvalue weighted by Gasteiger charge is -2.43. The number of nitrogens with zero attached hydrogens (tertiary/aromatic N) is 3. The number of piperidine rings is 1. The zero-order valence-corrected chi connectivity index (χ0v) is 15.2. The molecule has 0 radical (unpaired) electrons. The molecule has 0 bridgehead atoms. The van der Waals surface area contributed by atoms with E-state index in [0.717, 1.165) is 29.3 Å². The Balaban J connectivity index is 1.64. The van der Waals surface area contributed by atoms with E-state index in [4.69, 9.17) is 17.3 Å². The molecule has 1 amide bonds. The molecule has 3 atom stereocenters. The molecule has 25 heavy (non-hydrogen) atoms. The number of rotatable bonds is 2. The van der Waals surface area contributed by atoms with Gasteiger partial charge >= 0.3 is 0 Å². The van der Waals surface area contributed by atoms with Crippen LogP contribution < -0.4 is 5.73 Å². The van der Waals surface area contributed by atoms with Gasteiger partial charge in [-0.3, -0.25) is 9.48 Å². The highest BCUT2D eigenvalue weighted by Crippen LogP contribution is 2.51. The quantitative estimate of drug-likeness (QED) is 0.856. The summed E-state index contributed by atoms with van der Waals surface area (Å²) in [4.78, 5) is 13.9. The van der Waals surface area contributed by atoms with Crippen LogP contribution in [0.2, 0.25) is 5.02 Å². The van der Waals surface area contributed by atoms with Gasteiger partial charge in [0.25, 0.3) is 0 Å². The van der Waals surface area contributed by atoms with Crippen molar-refractivity contribution in [3.05, 3.63) is 28.9 Å². The monoisotopic (exact) mass is 362 g/mol. The first-order chi connectivity index (χ1) is 11.8. The molecule has 2 aromatic rings. The largest absolute Gasteiger partial charge is 0.386 e. The Hall–Kier alpha value is -1.63. The Morgan fingerprint density at radius 3 is 2.76 bits per heavy atom. The second kappa shape index (κ2) is 5.69. The van der Waals surface area contributed by atoms with Crippen molar-refractivity contribution in [2.45, 2.75) is 44.4 Å². The van der Waals surface area contributed by atoms with E-state index in [9.17, 15) is 9.90 Å². The maximum atomic E-state index is 12.1. The number of amides is 1. The third kappa shape index (κ3) is 2.31. The predicted molar refractivity (Wildman–Crippen MR) is 96.3 cm³/mol. The Morgan fingerprint density at radius 2 is 2.12 bits per heavy atom. The van der Waals surface area contributed by atoms with Crippen LogP contribution in [0.3, 0.4) is 0 Å². The molecule has 1 saturated heterocycles. The minimum Gasteiger partial charge on any atom is -0.386 e. The molecule has 6 nitrogen and oxygen atoms in total. The lowest BCUT2D eigenvalue weighted by atomic mass is 9.75. The number of nitrogens with two attached hydrogens (primary N) is 1. The number of likely N-dealkylation sites (tertiary alicyclic amines) is 1. The highest BCUT2D eigenvalue weighted by molar-refractivity contribution is 6.31. The third-order valence-corrected chi connectivity index (χ3v) is 6.20. The smallest absolute Gasteiger partial charge is 0.239 e. The normalized spacial score (nSPS) is 27.9. The van der Waals surface area contributed by atoms with Crippen LogP contribution >= 0.6 is 11.6 Å². The first-order valence-electron chi connectivity index (χ1n) is 8.74. The first-order valence-corrected chi connectivity index (χ1v) is 9.12. The van der Waals surface area contributed by atoms with Crippen LogP contribution in [0.1, 0.15) is 38.4 Å². The summed E-state index contributed by atoms with van der Waals surface area (Å²) in [5, 5.41) is 17.2. The third-order valence-electron chi connectivity index (χ3n) is 5.98. The molecule has 0 spiro atoms. The van der Waals surface area contributed by atoms with Crippen molar-refractivity contribution in [1.82, 2.24) is 14.7 Å². The molecule has 3 N–H and O–H groups in total. The van der Waals surface area contributed by atoms with Crippen molar-refractivity contribution >= 4 is 28.4 Å². The number of aliphatic hydroxyl groups excluding tert-OH is 1. The van der Waals surface area contributed by atoms with E-state index in [1.165, 1.54) is 0 Å². The average molecular weight is 363 g/mol. The molecule has 0 saturated carbocycles. The molecule has 7 heteroatoms. The zero-order valence-electron chi connectivity index (χ0n) is 14.4. The summed E-state index contributed by atoms with van der Waals surface area (Å²) >= 11 is 6.21. The van der Waals surface area contributed by atoms with Gasteiger partial charge in [-0.25, -0.2) is 0 Å². The summed E-state index contributed by atoms with van der Waals surface area (Å²) in [6.45, 7) is 5.10. The summed E-state index contributed by atoms with van der Waals surface area (Å²) in [6.07, 6.45) is 2.78. The first kappa shape index (κ1) is 16.8. The van der Waals surface area contributed by atoms with E-state index in [-0.39, 0.29) is 11.8 Å². The van der Waals surface area contributed by atoms with Crippen molar-refractivity contribution in [1.29, 1.82) is 0 Å². The van der Waals surface area contributed by atoms with Crippen molar-refractivity contribution in [3.63, 3.8) is 0 Å². The molecule has 3 heterocycles. The standard InChI is InChI=1S/C18H23ClN4O2/c1-10(20)17(25)22-5-3-12(4-6-22)18(2)16(24)14-8-13(19)7-11-9-21-23(18)15(11)14/h7-10,12,16,24H,3-6,20H2,1-2H3/t10-,16-,18?/m1/s1. The summed E-state index contributed by atoms with van der Waals surface area (Å²) in [5.41, 5.74) is 7.00. The molecule has 4 rings (SSSR count). The van der Waals surface area contributed by atoms with E-state index < -0.39 is 17.7 Å². The van der Waals surface area contributed by atoms with Crippen LogP contribution in [0.4, 0.5) is 0 Å². The Morgan fingerprint density at radius 1 is 1.44 bits per heavy atom. The second-order valence-electron chi connectivity index (χ2n) is 7.51. The van der Waals surface area contributed by atoms with E-state index in [1.54, 1.807) is 6.92 Å². The molecule has 2 aliphatic heterocycles. The maximum Gasteiger partial charge on any atom is 0.239 e. The van der Waals surface area contributed by atoms with Gasteiger partial charge in [0, 0.05) is 29.1 Å². The fourth-order valence-corrected chi connectivity index (χ4v) is 4.77. The highest BCUT2D eigenvalue weighted by atomic mass is 35.5. The molecule has 1 aromatic carbocycles. The molecular weight excluding hydrogens is 340 g/mol. The van der Waals surface area contributed by atoms with Gasteiger partial charge in [0.2, 0.25) is 5.91 Å². The molecule has 134 valence electrons. The van der Waals surface area contributed by atoms with Crippen LogP contribution in [-0.4, -0.2) is 44.8 Å². The minimum absolute atomic E-state index is 0.00730. The van der Waals surface area contributed by atoms with E-state index in [0.29, 0.717) is 18.1 Å². The van der Waals surface area contributed by atoms with Crippen LogP contribution in [0.15, 0.2) is 18.3 Å². The molecule has 1 fully saturated rings. The van der Waals surface area contributed by atoms with Gasteiger partial charge in [-0.15, -0.1) is 0 Å². The van der Waals surface area contributed by atoms with Crippen LogP contribution in [-0.2, 0) is 10.3 Å². The highest BCUT2D eigenvalue weighted by Gasteiger charge is 2.50. The topological polar surface area (TPSA) is 84.4 Å². The number of carbonyl (C=O) groups excluding carboxylic acids is 1. The SMILES string of the molecule is C[C@@H](N)C(=O)N1CCC(C2(C)[C@H](O)c3cc(Cl)cc4cnn2c34)CC1. The summed E-state index contributed by atoms with van der Waals surface area (Å²) < 4.78 is 1.96. The van der Waals surface area contributed by atoms with Crippen molar-refractivity contribution in [2.24, 2.45) is 11.7 Å². The average Bonchev–Trinajstić information content (AvgIpc) is 3.11. The molecule has 1 aromatic heterocycles. The van der Waals surface area contributed by atoms with E-state index in [1.807, 2.05) is 27.9 Å². The molecule has 0 aliphatic carbocycles. The van der Waals surface area contributed by atoms with Gasteiger partial charge in [0.15, 0.2) is 0 Å². The van der Waals surface area contributed by atoms with Crippen molar-refractivity contribution < 1.29 is 9.90 Å². The second-order valence-corrected chi connectivity index (χ2v) is 7.94. The van der Waals surface area contributed by atoms with Crippen molar-refractivity contribution in [3.8, 4) is 0 Å². The van der Waals surface area contributed by atoms with Gasteiger partial charge in [-0.1, -0.05) is 11.6 Å². The minimum atomic E-state index is -0.655. The molecule has 1 unspecified atom stereocenters. The molecule has 2 aliphatic rings. The number of hydrogen-bond donors (Lipinski definition) is 2. The lowest BCUT2D eigenvalue weighted by Crippen LogP contribution is -2.50. The number of benzene rings is 1. The number of carbonyl (C=O) groups is 1. The van der Waals surface area contributed by atoms with E-state index in [2.05, 4.69) is 12.0 Å². The van der Waals surface area contributed by atoms with Gasteiger partial charge in [0.05, 0.1) is 23.3 Å². The fourth-order valence-electron chi connectivity index (χ4n) is 4.54. The summed E-state index contributed by atoms with van der Waals surface area (Å²) in [6, 6.07) is 3.25. The van der Waals surface area contributed by atoms with E-state index >= 15 is 0 Å². The maximum absolute atomic E-state index is 12.1. The van der Waals surface area contributed by atoms with Gasteiger partial charge in [0.1, 0.15) is 6.10 Å². The predicted octanol–water partition coefficient (Wildman–Crippen LogP) is 2.04. The number of aromatic nitrogens is 2. The Bertz CT molecular complexity index is 841. The van der Waals surface area contributed by atoms with Crippen LogP contribution in [0, 0.1) is 5.92 Å². The lowest BCUT2D eigenvalue weighted by molar-refractivity contribution is -0.134. The number of halogens is 1. The summed E-state index contributed by atoms with van der Waals surface area (Å²) in [7, 11) is 0. The van der Waals surface area contributed by atoms with Crippen LogP contribution in [0.5, 0.6) is 0 Å². The number of aliphatic hydroxyl groups is 1. The zero-order chi connectivity index (χ0) is 17.9. The fraction of sp³-hybridized carbons (Fsp3) is 0.556. The van der Waals surface area contributed by atoms with Gasteiger partial charge < -0.3 is 15.7 Å². The molecular formula is C18H23ClN4O2. The van der Waals surface area contributed by atoms with Gasteiger partial charge in [-0.2, -0.15) is 5.10 Å². The Labute approximate surface area is 151 Å². The summed E-state index contributed by atoms with van der Waals surface area (Å²) in [5.74, 6) is 0.209.